The first-order valence-electron chi connectivity index (χ1n) is 7.38. The summed E-state index contributed by atoms with van der Waals surface area (Å²) in [5.74, 6) is -1.43. The first kappa shape index (κ1) is 16.6. The molecule has 0 aliphatic carbocycles. The van der Waals surface area contributed by atoms with Crippen molar-refractivity contribution >= 4 is 22.8 Å². The van der Waals surface area contributed by atoms with Gasteiger partial charge in [-0.25, -0.2) is 0 Å². The smallest absolute Gasteiger partial charge is 0.305 e. The first-order chi connectivity index (χ1) is 11.0. The summed E-state index contributed by atoms with van der Waals surface area (Å²) < 4.78 is 1.07. The maximum absolute atomic E-state index is 12.5. The minimum absolute atomic E-state index is 0.00411. The molecule has 0 aliphatic heterocycles. The molecule has 0 radical (unpaired) electrons. The second kappa shape index (κ2) is 7.48. The summed E-state index contributed by atoms with van der Waals surface area (Å²) in [5.41, 5.74) is 0.0812. The van der Waals surface area contributed by atoms with Crippen LogP contribution in [-0.2, 0) is 9.59 Å². The number of nitrogens with one attached hydrogen (secondary N) is 1. The molecule has 23 heavy (non-hydrogen) atoms. The Kier molecular flexibility index (Phi) is 5.40. The molecule has 8 heteroatoms. The second-order valence-electron chi connectivity index (χ2n) is 5.10. The SMILES string of the molecule is CCCC(C(=O)NCCC(=O)O)n1nnc2ccccc2c1=O. The van der Waals surface area contributed by atoms with Gasteiger partial charge < -0.3 is 10.4 Å². The minimum atomic E-state index is -1.000. The molecule has 0 spiro atoms. The van der Waals surface area contributed by atoms with E-state index < -0.39 is 17.9 Å². The van der Waals surface area contributed by atoms with E-state index in [0.717, 1.165) is 4.68 Å². The molecule has 1 heterocycles. The van der Waals surface area contributed by atoms with Crippen molar-refractivity contribution in [3.8, 4) is 0 Å². The highest BCUT2D eigenvalue weighted by molar-refractivity contribution is 5.81. The highest BCUT2D eigenvalue weighted by Crippen LogP contribution is 2.12. The molecule has 8 nitrogen and oxygen atoms in total. The monoisotopic (exact) mass is 318 g/mol. The molecule has 2 rings (SSSR count). The number of fused-ring (bicyclic) bond motifs is 1. The molecule has 2 N–H and O–H groups in total. The lowest BCUT2D eigenvalue weighted by Gasteiger charge is -2.17. The van der Waals surface area contributed by atoms with E-state index in [0.29, 0.717) is 23.7 Å². The first-order valence-corrected chi connectivity index (χ1v) is 7.38. The lowest BCUT2D eigenvalue weighted by atomic mass is 10.1. The molecule has 0 bridgehead atoms. The number of aliphatic carboxylic acids is 1. The number of carboxylic acids is 1. The predicted octanol–water partition coefficient (Wildman–Crippen LogP) is 0.724. The van der Waals surface area contributed by atoms with Crippen molar-refractivity contribution in [3.05, 3.63) is 34.6 Å². The molecule has 2 aromatic rings. The topological polar surface area (TPSA) is 114 Å². The average molecular weight is 318 g/mol. The number of hydrogen-bond donors (Lipinski definition) is 2. The summed E-state index contributed by atoms with van der Waals surface area (Å²) in [6.45, 7) is 1.89. The molecule has 1 aromatic carbocycles. The van der Waals surface area contributed by atoms with E-state index >= 15 is 0 Å². The van der Waals surface area contributed by atoms with Gasteiger partial charge in [-0.3, -0.25) is 14.4 Å². The van der Waals surface area contributed by atoms with Crippen molar-refractivity contribution < 1.29 is 14.7 Å². The van der Waals surface area contributed by atoms with Gasteiger partial charge in [0.15, 0.2) is 0 Å². The van der Waals surface area contributed by atoms with Crippen LogP contribution in [0.2, 0.25) is 0 Å². The Morgan fingerprint density at radius 1 is 1.35 bits per heavy atom. The lowest BCUT2D eigenvalue weighted by molar-refractivity contribution is -0.137. The van der Waals surface area contributed by atoms with Crippen molar-refractivity contribution in [1.29, 1.82) is 0 Å². The van der Waals surface area contributed by atoms with Gasteiger partial charge in [0.2, 0.25) is 5.91 Å². The molecule has 0 saturated heterocycles. The van der Waals surface area contributed by atoms with Crippen LogP contribution >= 0.6 is 0 Å². The van der Waals surface area contributed by atoms with Crippen LogP contribution in [0.3, 0.4) is 0 Å². The number of carboxylic acid groups (broad SMARTS) is 1. The van der Waals surface area contributed by atoms with Gasteiger partial charge >= 0.3 is 5.97 Å². The Morgan fingerprint density at radius 3 is 2.78 bits per heavy atom. The highest BCUT2D eigenvalue weighted by Gasteiger charge is 2.23. The Balaban J connectivity index is 2.30. The molecular weight excluding hydrogens is 300 g/mol. The lowest BCUT2D eigenvalue weighted by Crippen LogP contribution is -2.39. The van der Waals surface area contributed by atoms with Gasteiger partial charge in [0.05, 0.1) is 11.8 Å². The molecule has 1 amide bonds. The van der Waals surface area contributed by atoms with Crippen LogP contribution in [0.25, 0.3) is 10.9 Å². The fourth-order valence-corrected chi connectivity index (χ4v) is 2.25. The Bertz CT molecular complexity index is 771. The maximum atomic E-state index is 12.5. The molecule has 122 valence electrons. The Hall–Kier alpha value is -2.77. The van der Waals surface area contributed by atoms with E-state index in [1.54, 1.807) is 24.3 Å². The fraction of sp³-hybridized carbons (Fsp3) is 0.400. The zero-order chi connectivity index (χ0) is 16.8. The number of nitrogens with zero attached hydrogens (tertiary/aromatic N) is 3. The third-order valence-electron chi connectivity index (χ3n) is 3.39. The van der Waals surface area contributed by atoms with Gasteiger partial charge in [-0.2, -0.15) is 4.68 Å². The third-order valence-corrected chi connectivity index (χ3v) is 3.39. The normalized spacial score (nSPS) is 12.0. The van der Waals surface area contributed by atoms with E-state index in [1.165, 1.54) is 0 Å². The molecular formula is C15H18N4O4. The van der Waals surface area contributed by atoms with Gasteiger partial charge in [0.25, 0.3) is 5.56 Å². The van der Waals surface area contributed by atoms with Crippen molar-refractivity contribution in [2.45, 2.75) is 32.2 Å². The van der Waals surface area contributed by atoms with Gasteiger partial charge in [-0.05, 0) is 18.6 Å². The number of rotatable bonds is 7. The molecule has 0 saturated carbocycles. The number of aromatic nitrogens is 3. The van der Waals surface area contributed by atoms with Crippen LogP contribution in [0.1, 0.15) is 32.2 Å². The van der Waals surface area contributed by atoms with Crippen molar-refractivity contribution in [2.75, 3.05) is 6.54 Å². The Labute approximate surface area is 132 Å². The van der Waals surface area contributed by atoms with Crippen molar-refractivity contribution in [2.24, 2.45) is 0 Å². The number of benzene rings is 1. The molecule has 1 atom stereocenters. The fourth-order valence-electron chi connectivity index (χ4n) is 2.25. The van der Waals surface area contributed by atoms with Gasteiger partial charge in [0, 0.05) is 6.54 Å². The van der Waals surface area contributed by atoms with Gasteiger partial charge in [-0.15, -0.1) is 5.10 Å². The quantitative estimate of drug-likeness (QED) is 0.777. The van der Waals surface area contributed by atoms with Crippen LogP contribution in [0.5, 0.6) is 0 Å². The summed E-state index contributed by atoms with van der Waals surface area (Å²) in [6, 6.07) is 5.98. The predicted molar refractivity (Wildman–Crippen MR) is 83.0 cm³/mol. The average Bonchev–Trinajstić information content (AvgIpc) is 2.53. The van der Waals surface area contributed by atoms with Gasteiger partial charge in [-0.1, -0.05) is 30.7 Å². The second-order valence-corrected chi connectivity index (χ2v) is 5.10. The summed E-state index contributed by atoms with van der Waals surface area (Å²) in [6.07, 6.45) is 0.896. The molecule has 1 unspecified atom stereocenters. The number of amides is 1. The Morgan fingerprint density at radius 2 is 2.09 bits per heavy atom. The maximum Gasteiger partial charge on any atom is 0.305 e. The van der Waals surface area contributed by atoms with Crippen LogP contribution < -0.4 is 10.9 Å². The van der Waals surface area contributed by atoms with Crippen molar-refractivity contribution in [1.82, 2.24) is 20.3 Å². The van der Waals surface area contributed by atoms with Crippen LogP contribution in [0.15, 0.2) is 29.1 Å². The zero-order valence-electron chi connectivity index (χ0n) is 12.7. The van der Waals surface area contributed by atoms with Crippen LogP contribution in [-0.4, -0.2) is 38.5 Å². The number of hydrogen-bond acceptors (Lipinski definition) is 5. The standard InChI is InChI=1S/C15H18N4O4/c1-2-5-12(14(22)16-9-8-13(20)21)19-15(23)10-6-3-4-7-11(10)17-18-19/h3-4,6-7,12H,2,5,8-9H2,1H3,(H,16,22)(H,20,21). The third kappa shape index (κ3) is 3.91. The summed E-state index contributed by atoms with van der Waals surface area (Å²) >= 11 is 0. The largest absolute Gasteiger partial charge is 0.481 e. The van der Waals surface area contributed by atoms with Crippen molar-refractivity contribution in [3.63, 3.8) is 0 Å². The number of carbonyl (C=O) groups excluding carboxylic acids is 1. The summed E-state index contributed by atoms with van der Waals surface area (Å²) in [5, 5.41) is 19.4. The molecule has 0 aliphatic rings. The minimum Gasteiger partial charge on any atom is -0.481 e. The van der Waals surface area contributed by atoms with Crippen LogP contribution in [0.4, 0.5) is 0 Å². The van der Waals surface area contributed by atoms with Crippen LogP contribution in [0, 0.1) is 0 Å². The molecule has 0 fully saturated rings. The van der Waals surface area contributed by atoms with E-state index in [4.69, 9.17) is 5.11 Å². The zero-order valence-corrected chi connectivity index (χ0v) is 12.7. The van der Waals surface area contributed by atoms with Gasteiger partial charge in [0.1, 0.15) is 11.6 Å². The highest BCUT2D eigenvalue weighted by atomic mass is 16.4. The van der Waals surface area contributed by atoms with E-state index in [1.807, 2.05) is 6.92 Å². The van der Waals surface area contributed by atoms with E-state index in [9.17, 15) is 14.4 Å². The number of carbonyl (C=O) groups is 2. The molecule has 1 aromatic heterocycles. The summed E-state index contributed by atoms with van der Waals surface area (Å²) in [7, 11) is 0. The summed E-state index contributed by atoms with van der Waals surface area (Å²) in [4.78, 5) is 35.3. The van der Waals surface area contributed by atoms with E-state index in [-0.39, 0.29) is 18.5 Å². The van der Waals surface area contributed by atoms with E-state index in [2.05, 4.69) is 15.6 Å².